The number of benzene rings is 2. The molecule has 0 saturated carbocycles. The number of methoxy groups -OCH3 is 2. The van der Waals surface area contributed by atoms with Gasteiger partial charge < -0.3 is 14.2 Å². The molecule has 32 heavy (non-hydrogen) atoms. The van der Waals surface area contributed by atoms with Crippen molar-refractivity contribution in [2.24, 2.45) is 5.92 Å². The van der Waals surface area contributed by atoms with Gasteiger partial charge in [0.05, 0.1) is 48.0 Å². The summed E-state index contributed by atoms with van der Waals surface area (Å²) in [6.45, 7) is 1.73. The summed E-state index contributed by atoms with van der Waals surface area (Å²) in [5.41, 5.74) is 0. The van der Waals surface area contributed by atoms with Crippen LogP contribution in [0.25, 0.3) is 0 Å². The Bertz CT molecular complexity index is 1090. The van der Waals surface area contributed by atoms with Crippen molar-refractivity contribution in [3.63, 3.8) is 0 Å². The summed E-state index contributed by atoms with van der Waals surface area (Å²) in [6.07, 6.45) is 0.166. The monoisotopic (exact) mass is 484 g/mol. The minimum absolute atomic E-state index is 0.0541. The van der Waals surface area contributed by atoms with E-state index in [1.54, 1.807) is 19.1 Å². The lowest BCUT2D eigenvalue weighted by Gasteiger charge is -2.16. The summed E-state index contributed by atoms with van der Waals surface area (Å²) in [7, 11) is -4.43. The Kier molecular flexibility index (Phi) is 9.09. The van der Waals surface area contributed by atoms with E-state index in [1.165, 1.54) is 50.6 Å². The van der Waals surface area contributed by atoms with Gasteiger partial charge in [-0.2, -0.15) is 0 Å². The minimum Gasteiger partial charge on any atom is -0.497 e. The van der Waals surface area contributed by atoms with Gasteiger partial charge in [-0.25, -0.2) is 16.8 Å². The van der Waals surface area contributed by atoms with Gasteiger partial charge in [-0.05, 0) is 68.3 Å². The van der Waals surface area contributed by atoms with Crippen LogP contribution in [0.15, 0.2) is 58.3 Å². The second-order valence-corrected chi connectivity index (χ2v) is 11.2. The Hall–Kier alpha value is -2.59. The maximum atomic E-state index is 12.8. The van der Waals surface area contributed by atoms with Gasteiger partial charge in [-0.1, -0.05) is 0 Å². The van der Waals surface area contributed by atoms with E-state index in [-0.39, 0.29) is 35.0 Å². The fourth-order valence-corrected chi connectivity index (χ4v) is 6.00. The van der Waals surface area contributed by atoms with Crippen molar-refractivity contribution < 1.29 is 35.8 Å². The molecule has 0 fully saturated rings. The lowest BCUT2D eigenvalue weighted by molar-refractivity contribution is -0.147. The van der Waals surface area contributed by atoms with Gasteiger partial charge >= 0.3 is 5.97 Å². The fraction of sp³-hybridized carbons (Fsp3) is 0.409. The van der Waals surface area contributed by atoms with Gasteiger partial charge in [-0.3, -0.25) is 4.79 Å². The van der Waals surface area contributed by atoms with Crippen molar-refractivity contribution in [3.05, 3.63) is 48.5 Å². The van der Waals surface area contributed by atoms with Crippen LogP contribution in [0.1, 0.15) is 19.8 Å². The number of sulfone groups is 2. The SMILES string of the molecule is CCOC(=O)C(CCCS(=O)(=O)c1ccc(OC)cc1)CS(=O)(=O)c1ccc(OC)cc1. The zero-order valence-corrected chi connectivity index (χ0v) is 19.9. The molecule has 1 atom stereocenters. The first-order valence-corrected chi connectivity index (χ1v) is 13.3. The molecule has 176 valence electrons. The Morgan fingerprint density at radius 1 is 0.812 bits per heavy atom. The third-order valence-corrected chi connectivity index (χ3v) is 8.49. The third kappa shape index (κ3) is 6.96. The second-order valence-electron chi connectivity index (χ2n) is 7.04. The van der Waals surface area contributed by atoms with E-state index in [0.29, 0.717) is 11.5 Å². The minimum atomic E-state index is -3.79. The predicted octanol–water partition coefficient (Wildman–Crippen LogP) is 2.91. The maximum absolute atomic E-state index is 12.8. The highest BCUT2D eigenvalue weighted by molar-refractivity contribution is 7.91. The van der Waals surface area contributed by atoms with E-state index in [2.05, 4.69) is 0 Å². The van der Waals surface area contributed by atoms with Crippen LogP contribution >= 0.6 is 0 Å². The Balaban J connectivity index is 2.10. The quantitative estimate of drug-likeness (QED) is 0.423. The topological polar surface area (TPSA) is 113 Å². The average Bonchev–Trinajstić information content (AvgIpc) is 2.78. The molecule has 0 saturated heterocycles. The molecule has 2 aromatic carbocycles. The van der Waals surface area contributed by atoms with E-state index in [4.69, 9.17) is 14.2 Å². The van der Waals surface area contributed by atoms with E-state index in [0.717, 1.165) is 0 Å². The number of hydrogen-bond donors (Lipinski definition) is 0. The normalized spacial score (nSPS) is 12.7. The fourth-order valence-electron chi connectivity index (χ4n) is 3.09. The van der Waals surface area contributed by atoms with E-state index < -0.39 is 37.3 Å². The van der Waals surface area contributed by atoms with Crippen LogP contribution in [-0.2, 0) is 29.2 Å². The second kappa shape index (κ2) is 11.3. The lowest BCUT2D eigenvalue weighted by atomic mass is 10.1. The van der Waals surface area contributed by atoms with Gasteiger partial charge in [0.25, 0.3) is 0 Å². The third-order valence-electron chi connectivity index (χ3n) is 4.84. The molecule has 0 aliphatic heterocycles. The summed E-state index contributed by atoms with van der Waals surface area (Å²) in [5, 5.41) is 0. The molecule has 0 amide bonds. The van der Waals surface area contributed by atoms with Gasteiger partial charge in [0, 0.05) is 0 Å². The first-order valence-electron chi connectivity index (χ1n) is 10.0. The Morgan fingerprint density at radius 2 is 1.28 bits per heavy atom. The number of ether oxygens (including phenoxy) is 3. The van der Waals surface area contributed by atoms with E-state index >= 15 is 0 Å². The molecular formula is C22H28O8S2. The smallest absolute Gasteiger partial charge is 0.309 e. The lowest BCUT2D eigenvalue weighted by Crippen LogP contribution is -2.27. The Morgan fingerprint density at radius 3 is 1.72 bits per heavy atom. The average molecular weight is 485 g/mol. The largest absolute Gasteiger partial charge is 0.497 e. The van der Waals surface area contributed by atoms with Crippen molar-refractivity contribution in [1.29, 1.82) is 0 Å². The van der Waals surface area contributed by atoms with Crippen LogP contribution in [0.2, 0.25) is 0 Å². The molecule has 0 aromatic heterocycles. The number of carbonyl (C=O) groups is 1. The summed E-state index contributed by atoms with van der Waals surface area (Å²) >= 11 is 0. The number of rotatable bonds is 12. The van der Waals surface area contributed by atoms with Crippen LogP contribution in [0.5, 0.6) is 11.5 Å². The molecule has 8 nitrogen and oxygen atoms in total. The van der Waals surface area contributed by atoms with E-state index in [9.17, 15) is 21.6 Å². The van der Waals surface area contributed by atoms with Crippen molar-refractivity contribution >= 4 is 25.6 Å². The summed E-state index contributed by atoms with van der Waals surface area (Å²) < 4.78 is 65.9. The van der Waals surface area contributed by atoms with Gasteiger partial charge in [0.1, 0.15) is 11.5 Å². The molecule has 0 aliphatic carbocycles. The standard InChI is InChI=1S/C22H28O8S2/c1-4-30-22(23)17(16-32(26,27)21-13-9-19(29-3)10-14-21)6-5-15-31(24,25)20-11-7-18(28-2)8-12-20/h7-14,17H,4-6,15-16H2,1-3H3. The first kappa shape index (κ1) is 25.7. The highest BCUT2D eigenvalue weighted by Gasteiger charge is 2.28. The number of esters is 1. The predicted molar refractivity (Wildman–Crippen MR) is 119 cm³/mol. The molecule has 1 unspecified atom stereocenters. The molecule has 0 bridgehead atoms. The van der Waals surface area contributed by atoms with Crippen molar-refractivity contribution in [3.8, 4) is 11.5 Å². The van der Waals surface area contributed by atoms with Crippen LogP contribution < -0.4 is 9.47 Å². The zero-order chi connectivity index (χ0) is 23.8. The maximum Gasteiger partial charge on any atom is 0.309 e. The van der Waals surface area contributed by atoms with Crippen molar-refractivity contribution in [2.45, 2.75) is 29.6 Å². The highest BCUT2D eigenvalue weighted by atomic mass is 32.2. The first-order chi connectivity index (χ1) is 15.1. The molecule has 0 spiro atoms. The molecule has 0 heterocycles. The number of carbonyl (C=O) groups excluding carboxylic acids is 1. The summed E-state index contributed by atoms with van der Waals surface area (Å²) in [5.74, 6) is -1.29. The molecule has 0 aliphatic rings. The van der Waals surface area contributed by atoms with Crippen LogP contribution in [0, 0.1) is 5.92 Å². The van der Waals surface area contributed by atoms with Gasteiger partial charge in [0.2, 0.25) is 0 Å². The molecular weight excluding hydrogens is 456 g/mol. The molecule has 10 heteroatoms. The summed E-state index contributed by atoms with van der Waals surface area (Å²) in [6, 6.07) is 11.9. The molecule has 0 N–H and O–H groups in total. The van der Waals surface area contributed by atoms with Crippen molar-refractivity contribution in [1.82, 2.24) is 0 Å². The van der Waals surface area contributed by atoms with Gasteiger partial charge in [0.15, 0.2) is 19.7 Å². The highest BCUT2D eigenvalue weighted by Crippen LogP contribution is 2.23. The number of hydrogen-bond acceptors (Lipinski definition) is 8. The van der Waals surface area contributed by atoms with Crippen LogP contribution in [-0.4, -0.2) is 55.1 Å². The van der Waals surface area contributed by atoms with Crippen LogP contribution in [0.4, 0.5) is 0 Å². The molecule has 2 rings (SSSR count). The van der Waals surface area contributed by atoms with E-state index in [1.807, 2.05) is 0 Å². The zero-order valence-electron chi connectivity index (χ0n) is 18.3. The molecule has 2 aromatic rings. The van der Waals surface area contributed by atoms with Gasteiger partial charge in [-0.15, -0.1) is 0 Å². The van der Waals surface area contributed by atoms with Crippen LogP contribution in [0.3, 0.4) is 0 Å². The van der Waals surface area contributed by atoms with Crippen molar-refractivity contribution in [2.75, 3.05) is 32.3 Å². The Labute approximate surface area is 189 Å². The molecule has 0 radical (unpaired) electrons. The summed E-state index contributed by atoms with van der Waals surface area (Å²) in [4.78, 5) is 12.6.